The van der Waals surface area contributed by atoms with E-state index in [4.69, 9.17) is 21.6 Å². The summed E-state index contributed by atoms with van der Waals surface area (Å²) in [6.45, 7) is 0.250. The number of hydrogen-bond donors (Lipinski definition) is 4. The summed E-state index contributed by atoms with van der Waals surface area (Å²) in [5.41, 5.74) is 10.9. The number of pyridine rings is 1. The average molecular weight is 602 g/mol. The zero-order chi connectivity index (χ0) is 30.1. The van der Waals surface area contributed by atoms with Gasteiger partial charge in [0.2, 0.25) is 0 Å². The number of nitrogens with one attached hydrogen (secondary N) is 2. The number of amidine groups is 1. The second kappa shape index (κ2) is 11.3. The van der Waals surface area contributed by atoms with Crippen LogP contribution in [0.15, 0.2) is 90.0 Å². The van der Waals surface area contributed by atoms with E-state index in [2.05, 4.69) is 10.3 Å². The summed E-state index contributed by atoms with van der Waals surface area (Å²) in [7, 11) is -2.99. The first-order chi connectivity index (χ1) is 20.0. The predicted molar refractivity (Wildman–Crippen MR) is 162 cm³/mol. The first kappa shape index (κ1) is 28.9. The molecule has 0 bridgehead atoms. The van der Waals surface area contributed by atoms with Gasteiger partial charge in [0.25, 0.3) is 5.91 Å². The monoisotopic (exact) mass is 601 g/mol. The molecule has 214 valence electrons. The molecule has 1 amide bonds. The molecule has 2 aromatic heterocycles. The van der Waals surface area contributed by atoms with Gasteiger partial charge in [0, 0.05) is 22.0 Å². The lowest BCUT2D eigenvalue weighted by molar-refractivity contribution is -0.146. The van der Waals surface area contributed by atoms with Crippen molar-refractivity contribution in [1.82, 2.24) is 10.3 Å². The van der Waals surface area contributed by atoms with Crippen molar-refractivity contribution in [1.29, 1.82) is 5.41 Å². The molecule has 0 radical (unpaired) electrons. The standard InChI is InChI=1S/C30H27N5O5S2/c1-40-29(37)30(33,17-42(38,39)25-9-3-5-18-7-4-14-34-26(18)25)20-10-12-22-19(15-20)6-2-8-23(22)28(36)35-16-21-11-13-24(41-21)27(31)32/h2-15H,16-17,33H2,1H3,(H3,31,32)(H,35,36). The fourth-order valence-corrected chi connectivity index (χ4v) is 7.39. The number of carbonyl (C=O) groups excluding carboxylic acids is 2. The Morgan fingerprint density at radius 1 is 1.02 bits per heavy atom. The Bertz CT molecular complexity index is 1970. The van der Waals surface area contributed by atoms with E-state index in [1.807, 2.05) is 0 Å². The van der Waals surface area contributed by atoms with E-state index in [0.717, 1.165) is 12.0 Å². The third-order valence-electron chi connectivity index (χ3n) is 6.89. The molecule has 0 spiro atoms. The van der Waals surface area contributed by atoms with E-state index in [9.17, 15) is 18.0 Å². The molecule has 0 saturated carbocycles. The Hall–Kier alpha value is -4.65. The molecule has 5 rings (SSSR count). The fourth-order valence-electron chi connectivity index (χ4n) is 4.79. The number of rotatable bonds is 9. The Morgan fingerprint density at radius 2 is 1.76 bits per heavy atom. The summed E-state index contributed by atoms with van der Waals surface area (Å²) in [4.78, 5) is 31.8. The number of esters is 1. The topological polar surface area (TPSA) is 178 Å². The maximum atomic E-state index is 13.7. The third-order valence-corrected chi connectivity index (χ3v) is 9.84. The summed E-state index contributed by atoms with van der Waals surface area (Å²) >= 11 is 1.32. The number of ether oxygens (including phenoxy) is 1. The summed E-state index contributed by atoms with van der Waals surface area (Å²) < 4.78 is 32.4. The number of sulfone groups is 1. The van der Waals surface area contributed by atoms with Crippen molar-refractivity contribution in [3.8, 4) is 0 Å². The zero-order valence-corrected chi connectivity index (χ0v) is 24.1. The maximum absolute atomic E-state index is 13.7. The van der Waals surface area contributed by atoms with Gasteiger partial charge in [-0.25, -0.2) is 13.2 Å². The molecule has 1 atom stereocenters. The van der Waals surface area contributed by atoms with Crippen molar-refractivity contribution in [2.45, 2.75) is 17.0 Å². The average Bonchev–Trinajstić information content (AvgIpc) is 3.48. The number of thiophene rings is 1. The van der Waals surface area contributed by atoms with Gasteiger partial charge in [-0.05, 0) is 52.7 Å². The molecule has 0 saturated heterocycles. The Labute approximate surface area is 245 Å². The van der Waals surface area contributed by atoms with Crippen LogP contribution >= 0.6 is 11.3 Å². The third kappa shape index (κ3) is 5.47. The summed E-state index contributed by atoms with van der Waals surface area (Å²) in [5.74, 6) is -2.05. The van der Waals surface area contributed by atoms with Crippen molar-refractivity contribution in [2.24, 2.45) is 11.5 Å². The largest absolute Gasteiger partial charge is 0.467 e. The second-order valence-corrected chi connectivity index (χ2v) is 12.8. The predicted octanol–water partition coefficient (Wildman–Crippen LogP) is 3.46. The van der Waals surface area contributed by atoms with E-state index in [1.54, 1.807) is 66.7 Å². The van der Waals surface area contributed by atoms with Crippen LogP contribution in [0.5, 0.6) is 0 Å². The SMILES string of the molecule is COC(=O)C(N)(CS(=O)(=O)c1cccc2cccnc12)c1ccc2c(C(=O)NCc3ccc(C(=N)N)s3)cccc2c1. The highest BCUT2D eigenvalue weighted by Gasteiger charge is 2.43. The lowest BCUT2D eigenvalue weighted by Gasteiger charge is -2.27. The summed E-state index contributed by atoms with van der Waals surface area (Å²) in [5, 5.41) is 12.2. The molecule has 2 heterocycles. The van der Waals surface area contributed by atoms with Gasteiger partial charge in [-0.1, -0.05) is 42.5 Å². The van der Waals surface area contributed by atoms with Crippen LogP contribution in [0.2, 0.25) is 0 Å². The molecule has 42 heavy (non-hydrogen) atoms. The Balaban J connectivity index is 1.48. The smallest absolute Gasteiger partial charge is 0.331 e. The van der Waals surface area contributed by atoms with E-state index in [-0.39, 0.29) is 34.3 Å². The van der Waals surface area contributed by atoms with Crippen LogP contribution in [0, 0.1) is 5.41 Å². The van der Waals surface area contributed by atoms with Gasteiger partial charge in [0.1, 0.15) is 5.84 Å². The zero-order valence-electron chi connectivity index (χ0n) is 22.5. The molecule has 0 fully saturated rings. The number of aromatic nitrogens is 1. The number of hydrogen-bond acceptors (Lipinski definition) is 9. The number of amides is 1. The number of nitrogen functional groups attached to an aromatic ring is 1. The molecule has 0 aliphatic carbocycles. The molecular formula is C30H27N5O5S2. The lowest BCUT2D eigenvalue weighted by Crippen LogP contribution is -2.51. The molecule has 3 aromatic carbocycles. The van der Waals surface area contributed by atoms with Gasteiger partial charge in [0.15, 0.2) is 15.4 Å². The first-order valence-electron chi connectivity index (χ1n) is 12.7. The normalized spacial score (nSPS) is 13.0. The van der Waals surface area contributed by atoms with Gasteiger partial charge in [0.05, 0.1) is 34.7 Å². The van der Waals surface area contributed by atoms with E-state index in [1.165, 1.54) is 29.7 Å². The minimum absolute atomic E-state index is 0.0352. The molecule has 0 aliphatic heterocycles. The van der Waals surface area contributed by atoms with Gasteiger partial charge < -0.3 is 21.5 Å². The van der Waals surface area contributed by atoms with Gasteiger partial charge >= 0.3 is 5.97 Å². The highest BCUT2D eigenvalue weighted by Crippen LogP contribution is 2.31. The van der Waals surface area contributed by atoms with Gasteiger partial charge in [-0.2, -0.15) is 0 Å². The lowest BCUT2D eigenvalue weighted by atomic mass is 9.90. The van der Waals surface area contributed by atoms with Crippen LogP contribution in [0.1, 0.15) is 25.7 Å². The summed E-state index contributed by atoms with van der Waals surface area (Å²) in [6.07, 6.45) is 1.50. The van der Waals surface area contributed by atoms with Crippen LogP contribution in [0.3, 0.4) is 0 Å². The number of benzene rings is 3. The van der Waals surface area contributed by atoms with Gasteiger partial charge in [-0.3, -0.25) is 15.2 Å². The Morgan fingerprint density at radius 3 is 2.50 bits per heavy atom. The Kier molecular flexibility index (Phi) is 7.78. The number of carbonyl (C=O) groups is 2. The van der Waals surface area contributed by atoms with E-state index >= 15 is 0 Å². The molecule has 6 N–H and O–H groups in total. The quantitative estimate of drug-likeness (QED) is 0.113. The number of nitrogens with zero attached hydrogens (tertiary/aromatic N) is 1. The molecule has 5 aromatic rings. The van der Waals surface area contributed by atoms with Crippen LogP contribution in [0.25, 0.3) is 21.7 Å². The number of nitrogens with two attached hydrogens (primary N) is 2. The number of fused-ring (bicyclic) bond motifs is 2. The second-order valence-electron chi connectivity index (χ2n) is 9.66. The van der Waals surface area contributed by atoms with Crippen molar-refractivity contribution >= 4 is 60.6 Å². The minimum Gasteiger partial charge on any atom is -0.467 e. The maximum Gasteiger partial charge on any atom is 0.331 e. The van der Waals surface area contributed by atoms with E-state index < -0.39 is 27.1 Å². The molecule has 10 nitrogen and oxygen atoms in total. The molecule has 0 aliphatic rings. The first-order valence-corrected chi connectivity index (χ1v) is 15.2. The van der Waals surface area contributed by atoms with Crippen molar-refractivity contribution in [2.75, 3.05) is 12.9 Å². The van der Waals surface area contributed by atoms with Crippen molar-refractivity contribution in [3.63, 3.8) is 0 Å². The minimum atomic E-state index is -4.13. The summed E-state index contributed by atoms with van der Waals surface area (Å²) in [6, 6.07) is 21.6. The molecular weight excluding hydrogens is 574 g/mol. The van der Waals surface area contributed by atoms with Crippen LogP contribution < -0.4 is 16.8 Å². The van der Waals surface area contributed by atoms with Crippen LogP contribution in [0.4, 0.5) is 0 Å². The van der Waals surface area contributed by atoms with Crippen molar-refractivity contribution < 1.29 is 22.7 Å². The highest BCUT2D eigenvalue weighted by atomic mass is 32.2. The van der Waals surface area contributed by atoms with Crippen LogP contribution in [-0.4, -0.2) is 44.0 Å². The molecule has 1 unspecified atom stereocenters. The highest BCUT2D eigenvalue weighted by molar-refractivity contribution is 7.91. The molecule has 12 heteroatoms. The van der Waals surface area contributed by atoms with Crippen molar-refractivity contribution in [3.05, 3.63) is 106 Å². The fraction of sp³-hybridized carbons (Fsp3) is 0.133. The van der Waals surface area contributed by atoms with Crippen LogP contribution in [-0.2, 0) is 31.5 Å². The number of para-hydroxylation sites is 1. The number of methoxy groups -OCH3 is 1. The van der Waals surface area contributed by atoms with Gasteiger partial charge in [-0.15, -0.1) is 11.3 Å². The van der Waals surface area contributed by atoms with E-state index in [0.29, 0.717) is 26.6 Å².